The van der Waals surface area contributed by atoms with E-state index in [0.717, 1.165) is 5.56 Å². The number of anilines is 1. The number of methoxy groups -OCH3 is 5. The Bertz CT molecular complexity index is 1260. The Morgan fingerprint density at radius 2 is 1.35 bits per heavy atom. The molecule has 3 N–H and O–H groups in total. The zero-order chi connectivity index (χ0) is 26.9. The normalized spacial score (nSPS) is 12.0. The highest BCUT2D eigenvalue weighted by molar-refractivity contribution is 5.75. The molecule has 1 unspecified atom stereocenters. The van der Waals surface area contributed by atoms with Crippen molar-refractivity contribution in [2.45, 2.75) is 6.10 Å². The quantitative estimate of drug-likeness (QED) is 0.294. The largest absolute Gasteiger partial charge is 0.504 e. The van der Waals surface area contributed by atoms with E-state index >= 15 is 0 Å². The summed E-state index contributed by atoms with van der Waals surface area (Å²) in [7, 11) is 7.40. The molecule has 37 heavy (non-hydrogen) atoms. The fourth-order valence-electron chi connectivity index (χ4n) is 3.65. The number of nitrogens with one attached hydrogen (secondary N) is 1. The molecule has 3 rings (SSSR count). The Kier molecular flexibility index (Phi) is 9.23. The van der Waals surface area contributed by atoms with Crippen LogP contribution in [0.1, 0.15) is 22.8 Å². The summed E-state index contributed by atoms with van der Waals surface area (Å²) in [5, 5.41) is 23.3. The third-order valence-corrected chi connectivity index (χ3v) is 5.49. The number of halogens is 1. The smallest absolute Gasteiger partial charge is 0.203 e. The van der Waals surface area contributed by atoms with Crippen molar-refractivity contribution in [1.29, 1.82) is 0 Å². The van der Waals surface area contributed by atoms with Gasteiger partial charge in [-0.05, 0) is 59.2 Å². The Morgan fingerprint density at radius 1 is 0.757 bits per heavy atom. The van der Waals surface area contributed by atoms with Gasteiger partial charge in [0.15, 0.2) is 34.6 Å². The lowest BCUT2D eigenvalue weighted by molar-refractivity contribution is 0.227. The van der Waals surface area contributed by atoms with Gasteiger partial charge in [0.25, 0.3) is 0 Å². The summed E-state index contributed by atoms with van der Waals surface area (Å²) in [4.78, 5) is 0. The van der Waals surface area contributed by atoms with Crippen LogP contribution in [0.4, 0.5) is 10.1 Å². The maximum Gasteiger partial charge on any atom is 0.203 e. The summed E-state index contributed by atoms with van der Waals surface area (Å²) in [5.41, 5.74) is 2.12. The molecule has 0 saturated heterocycles. The van der Waals surface area contributed by atoms with Gasteiger partial charge >= 0.3 is 0 Å². The summed E-state index contributed by atoms with van der Waals surface area (Å²) in [5.74, 6) is 1.14. The maximum atomic E-state index is 14.8. The van der Waals surface area contributed by atoms with Crippen molar-refractivity contribution in [3.05, 3.63) is 77.2 Å². The van der Waals surface area contributed by atoms with E-state index in [4.69, 9.17) is 23.7 Å². The molecular weight excluding hydrogens is 481 g/mol. The third kappa shape index (κ3) is 6.45. The first-order valence-electron chi connectivity index (χ1n) is 11.2. The van der Waals surface area contributed by atoms with Gasteiger partial charge in [-0.15, -0.1) is 0 Å². The van der Waals surface area contributed by atoms with Crippen LogP contribution in [0.15, 0.2) is 54.7 Å². The molecule has 3 aromatic rings. The number of hydrogen-bond donors (Lipinski definition) is 3. The van der Waals surface area contributed by atoms with Crippen molar-refractivity contribution < 1.29 is 38.3 Å². The zero-order valence-electron chi connectivity index (χ0n) is 21.2. The SMILES string of the molecule is COc1ccc(C(O)/C=C\Nc2cc(/C=C\c3cc(OC)c(OC)c(OC)c3)cc(F)c2OC)cc1O. The number of phenolic OH excluding ortho intramolecular Hbond substituents is 1. The fraction of sp³-hybridized carbons (Fsp3) is 0.214. The van der Waals surface area contributed by atoms with Crippen LogP contribution in [0.5, 0.6) is 34.5 Å². The molecule has 196 valence electrons. The number of ether oxygens (including phenoxy) is 5. The van der Waals surface area contributed by atoms with Crippen molar-refractivity contribution in [3.8, 4) is 34.5 Å². The zero-order valence-corrected chi connectivity index (χ0v) is 21.2. The van der Waals surface area contributed by atoms with Crippen LogP contribution in [-0.4, -0.2) is 45.8 Å². The molecule has 0 aliphatic heterocycles. The fourth-order valence-corrected chi connectivity index (χ4v) is 3.65. The Morgan fingerprint density at radius 3 is 1.89 bits per heavy atom. The van der Waals surface area contributed by atoms with Gasteiger partial charge in [0.05, 0.1) is 47.3 Å². The molecule has 0 aliphatic rings. The van der Waals surface area contributed by atoms with Gasteiger partial charge in [-0.25, -0.2) is 4.39 Å². The monoisotopic (exact) mass is 511 g/mol. The van der Waals surface area contributed by atoms with Gasteiger partial charge in [0, 0.05) is 6.20 Å². The minimum Gasteiger partial charge on any atom is -0.504 e. The molecule has 0 fully saturated rings. The molecule has 0 heterocycles. The molecule has 8 nitrogen and oxygen atoms in total. The average Bonchev–Trinajstić information content (AvgIpc) is 2.90. The standard InChI is InChI=1S/C28H30FNO7/c1-33-24-9-8-19(16-23(24)32)22(31)10-11-30-21-13-17(12-20(29)27(21)36-4)6-7-18-14-25(34-2)28(37-5)26(15-18)35-3/h6-16,22,30-32H,1-5H3/b7-6-,11-10-. The van der Waals surface area contributed by atoms with Gasteiger partial charge < -0.3 is 39.2 Å². The first-order chi connectivity index (χ1) is 17.8. The number of aliphatic hydroxyl groups excluding tert-OH is 1. The van der Waals surface area contributed by atoms with Crippen molar-refractivity contribution in [1.82, 2.24) is 0 Å². The molecule has 0 bridgehead atoms. The van der Waals surface area contributed by atoms with E-state index in [1.54, 1.807) is 42.5 Å². The summed E-state index contributed by atoms with van der Waals surface area (Å²) < 4.78 is 41.1. The summed E-state index contributed by atoms with van der Waals surface area (Å²) >= 11 is 0. The number of aliphatic hydroxyl groups is 1. The van der Waals surface area contributed by atoms with Gasteiger partial charge in [-0.1, -0.05) is 18.2 Å². The molecule has 0 spiro atoms. The molecular formula is C28H30FNO7. The lowest BCUT2D eigenvalue weighted by Gasteiger charge is -2.13. The van der Waals surface area contributed by atoms with E-state index < -0.39 is 11.9 Å². The van der Waals surface area contributed by atoms with Crippen molar-refractivity contribution in [2.24, 2.45) is 0 Å². The van der Waals surface area contributed by atoms with E-state index in [9.17, 15) is 14.6 Å². The summed E-state index contributed by atoms with van der Waals surface area (Å²) in [6.45, 7) is 0. The van der Waals surface area contributed by atoms with Gasteiger partial charge in [0.2, 0.25) is 5.75 Å². The lowest BCUT2D eigenvalue weighted by atomic mass is 10.1. The van der Waals surface area contributed by atoms with Gasteiger partial charge in [-0.2, -0.15) is 0 Å². The molecule has 0 amide bonds. The summed E-state index contributed by atoms with van der Waals surface area (Å²) in [6, 6.07) is 11.2. The number of phenols is 1. The van der Waals surface area contributed by atoms with Crippen molar-refractivity contribution in [2.75, 3.05) is 40.9 Å². The minimum atomic E-state index is -1.02. The van der Waals surface area contributed by atoms with Gasteiger partial charge in [0.1, 0.15) is 0 Å². The maximum absolute atomic E-state index is 14.8. The molecule has 0 aromatic heterocycles. The molecule has 3 aromatic carbocycles. The van der Waals surface area contributed by atoms with Crippen molar-refractivity contribution in [3.63, 3.8) is 0 Å². The highest BCUT2D eigenvalue weighted by Gasteiger charge is 2.13. The topological polar surface area (TPSA) is 98.6 Å². The molecule has 0 radical (unpaired) electrons. The Hall–Kier alpha value is -4.37. The molecule has 1 atom stereocenters. The van der Waals surface area contributed by atoms with Crippen LogP contribution in [0, 0.1) is 5.82 Å². The number of aromatic hydroxyl groups is 1. The summed E-state index contributed by atoms with van der Waals surface area (Å²) in [6.07, 6.45) is 5.41. The third-order valence-electron chi connectivity index (χ3n) is 5.49. The second-order valence-electron chi connectivity index (χ2n) is 7.76. The minimum absolute atomic E-state index is 0.0196. The molecule has 0 saturated carbocycles. The van der Waals surface area contributed by atoms with Crippen LogP contribution >= 0.6 is 0 Å². The van der Waals surface area contributed by atoms with Crippen LogP contribution in [0.2, 0.25) is 0 Å². The highest BCUT2D eigenvalue weighted by Crippen LogP contribution is 2.39. The second kappa shape index (κ2) is 12.5. The predicted molar refractivity (Wildman–Crippen MR) is 140 cm³/mol. The lowest BCUT2D eigenvalue weighted by Crippen LogP contribution is -1.99. The van der Waals surface area contributed by atoms with Crippen LogP contribution in [-0.2, 0) is 0 Å². The predicted octanol–water partition coefficient (Wildman–Crippen LogP) is 5.40. The van der Waals surface area contributed by atoms with E-state index in [2.05, 4.69) is 5.32 Å². The van der Waals surface area contributed by atoms with E-state index in [1.807, 2.05) is 0 Å². The van der Waals surface area contributed by atoms with Crippen LogP contribution < -0.4 is 29.0 Å². The highest BCUT2D eigenvalue weighted by atomic mass is 19.1. The van der Waals surface area contributed by atoms with E-state index in [0.29, 0.717) is 39.8 Å². The molecule has 0 aliphatic carbocycles. The van der Waals surface area contributed by atoms with Crippen LogP contribution in [0.25, 0.3) is 12.2 Å². The van der Waals surface area contributed by atoms with Crippen LogP contribution in [0.3, 0.4) is 0 Å². The number of hydrogen-bond acceptors (Lipinski definition) is 8. The number of benzene rings is 3. The van der Waals surface area contributed by atoms with E-state index in [-0.39, 0.29) is 11.5 Å². The number of rotatable bonds is 11. The van der Waals surface area contributed by atoms with E-state index in [1.165, 1.54) is 60.0 Å². The first kappa shape index (κ1) is 27.2. The average molecular weight is 512 g/mol. The first-order valence-corrected chi connectivity index (χ1v) is 11.2. The van der Waals surface area contributed by atoms with Gasteiger partial charge in [-0.3, -0.25) is 0 Å². The molecule has 9 heteroatoms. The Labute approximate surface area is 215 Å². The van der Waals surface area contributed by atoms with Crippen molar-refractivity contribution >= 4 is 17.8 Å². The second-order valence-corrected chi connectivity index (χ2v) is 7.76. The Balaban J connectivity index is 1.83.